The first-order chi connectivity index (χ1) is 14.3. The molecule has 3 nitrogen and oxygen atoms in total. The average molecular weight is 432 g/mol. The van der Waals surface area contributed by atoms with Crippen molar-refractivity contribution in [2.75, 3.05) is 0 Å². The Kier molecular flexibility index (Phi) is 4.31. The molecule has 148 valence electrons. The van der Waals surface area contributed by atoms with Crippen molar-refractivity contribution in [1.29, 1.82) is 0 Å². The number of thiophene rings is 1. The number of carbonyl (C=O) groups is 2. The second-order valence-electron chi connectivity index (χ2n) is 7.72. The summed E-state index contributed by atoms with van der Waals surface area (Å²) in [6.45, 7) is 3.91. The van der Waals surface area contributed by atoms with Gasteiger partial charge in [0.15, 0.2) is 11.6 Å². The van der Waals surface area contributed by atoms with E-state index in [0.717, 1.165) is 31.9 Å². The maximum absolute atomic E-state index is 12.8. The van der Waals surface area contributed by atoms with Crippen LogP contribution in [-0.2, 0) is 7.05 Å². The number of Topliss-reactive ketones (excluding diaryl/α,β-unsaturated/α-hetero) is 2. The number of aromatic nitrogens is 1. The highest BCUT2D eigenvalue weighted by Crippen LogP contribution is 2.36. The van der Waals surface area contributed by atoms with Crippen LogP contribution in [-0.4, -0.2) is 16.1 Å². The first-order valence-corrected chi connectivity index (χ1v) is 10.8. The van der Waals surface area contributed by atoms with Crippen LogP contribution in [0.4, 0.5) is 0 Å². The second kappa shape index (κ2) is 6.79. The summed E-state index contributed by atoms with van der Waals surface area (Å²) in [6.07, 6.45) is 1.71. The van der Waals surface area contributed by atoms with Crippen LogP contribution in [0.1, 0.15) is 36.7 Å². The number of halogens is 1. The Morgan fingerprint density at radius 3 is 2.27 bits per heavy atom. The zero-order chi connectivity index (χ0) is 21.2. The monoisotopic (exact) mass is 431 g/mol. The van der Waals surface area contributed by atoms with E-state index < -0.39 is 0 Å². The molecule has 2 aromatic carbocycles. The number of carbonyl (C=O) groups excluding carboxylic acids is 2. The van der Waals surface area contributed by atoms with Gasteiger partial charge in [-0.1, -0.05) is 41.4 Å². The van der Waals surface area contributed by atoms with Gasteiger partial charge in [-0.15, -0.1) is 11.3 Å². The number of rotatable bonds is 2. The fraction of sp³-hybridized carbons (Fsp3) is 0.120. The molecule has 1 aliphatic carbocycles. The van der Waals surface area contributed by atoms with Gasteiger partial charge in [0.25, 0.3) is 0 Å². The lowest BCUT2D eigenvalue weighted by molar-refractivity contribution is 0.0990. The molecule has 2 aromatic heterocycles. The van der Waals surface area contributed by atoms with E-state index in [4.69, 9.17) is 11.6 Å². The Labute approximate surface area is 183 Å². The summed E-state index contributed by atoms with van der Waals surface area (Å²) in [7, 11) is 2.04. The summed E-state index contributed by atoms with van der Waals surface area (Å²) in [5.74, 6) is -0.484. The normalized spacial score (nSPS) is 14.9. The van der Waals surface area contributed by atoms with E-state index in [-0.39, 0.29) is 17.1 Å². The molecular formula is C25H18ClNO2S. The van der Waals surface area contributed by atoms with Gasteiger partial charge in [-0.3, -0.25) is 9.59 Å². The Morgan fingerprint density at radius 2 is 1.60 bits per heavy atom. The zero-order valence-corrected chi connectivity index (χ0v) is 18.3. The first kappa shape index (κ1) is 19.0. The van der Waals surface area contributed by atoms with Crippen molar-refractivity contribution in [3.8, 4) is 11.3 Å². The molecule has 0 radical (unpaired) electrons. The van der Waals surface area contributed by atoms with Crippen LogP contribution in [0, 0.1) is 13.8 Å². The van der Waals surface area contributed by atoms with Gasteiger partial charge in [0.2, 0.25) is 0 Å². The quantitative estimate of drug-likeness (QED) is 0.263. The van der Waals surface area contributed by atoms with Crippen molar-refractivity contribution in [3.05, 3.63) is 86.3 Å². The van der Waals surface area contributed by atoms with E-state index >= 15 is 0 Å². The zero-order valence-electron chi connectivity index (χ0n) is 16.7. The standard InChI is InChI=1S/C25H18ClNO2S/c1-13-4-6-15(7-5-13)21-12-23-22(27(21)3)10-16(30-23)9-19-24(28)17-8-14(2)20(26)11-18(17)25(19)29/h4-12H,1-3H3/b19-9-. The number of hydrogen-bond acceptors (Lipinski definition) is 3. The summed E-state index contributed by atoms with van der Waals surface area (Å²) in [4.78, 5) is 26.5. The van der Waals surface area contributed by atoms with Crippen LogP contribution in [0.25, 0.3) is 27.6 Å². The molecule has 0 saturated heterocycles. The third kappa shape index (κ3) is 2.87. The van der Waals surface area contributed by atoms with Crippen molar-refractivity contribution in [3.63, 3.8) is 0 Å². The summed E-state index contributed by atoms with van der Waals surface area (Å²) < 4.78 is 3.27. The van der Waals surface area contributed by atoms with Gasteiger partial charge in [0.05, 0.1) is 15.8 Å². The van der Waals surface area contributed by atoms with Gasteiger partial charge in [-0.25, -0.2) is 0 Å². The summed E-state index contributed by atoms with van der Waals surface area (Å²) >= 11 is 7.74. The predicted octanol–water partition coefficient (Wildman–Crippen LogP) is 6.64. The number of fused-ring (bicyclic) bond motifs is 2. The van der Waals surface area contributed by atoms with E-state index in [1.165, 1.54) is 5.56 Å². The SMILES string of the molecule is Cc1ccc(-c2cc3sc(/C=C4/C(=O)c5cc(C)c(Cl)cc5C4=O)cc3n2C)cc1. The van der Waals surface area contributed by atoms with Gasteiger partial charge in [0, 0.05) is 33.8 Å². The molecule has 0 saturated carbocycles. The molecule has 0 spiro atoms. The number of benzene rings is 2. The maximum atomic E-state index is 12.8. The lowest BCUT2D eigenvalue weighted by Crippen LogP contribution is -1.99. The fourth-order valence-corrected chi connectivity index (χ4v) is 5.16. The number of ketones is 2. The molecule has 5 heteroatoms. The van der Waals surface area contributed by atoms with Crippen LogP contribution in [0.5, 0.6) is 0 Å². The molecule has 0 amide bonds. The van der Waals surface area contributed by atoms with Gasteiger partial charge in [-0.2, -0.15) is 0 Å². The summed E-state index contributed by atoms with van der Waals surface area (Å²) in [6, 6.07) is 16.0. The number of hydrogen-bond donors (Lipinski definition) is 0. The van der Waals surface area contributed by atoms with Crippen molar-refractivity contribution in [1.82, 2.24) is 4.57 Å². The average Bonchev–Trinajstić information content (AvgIpc) is 3.32. The van der Waals surface area contributed by atoms with Crippen LogP contribution in [0.15, 0.2) is 54.1 Å². The molecular weight excluding hydrogens is 414 g/mol. The minimum absolute atomic E-state index is 0.206. The molecule has 0 N–H and O–H groups in total. The minimum atomic E-state index is -0.255. The Bertz CT molecular complexity index is 1360. The number of aryl methyl sites for hydroxylation is 3. The van der Waals surface area contributed by atoms with E-state index in [0.29, 0.717) is 16.1 Å². The minimum Gasteiger partial charge on any atom is -0.343 e. The topological polar surface area (TPSA) is 39.1 Å². The highest BCUT2D eigenvalue weighted by Gasteiger charge is 2.34. The van der Waals surface area contributed by atoms with E-state index in [2.05, 4.69) is 41.8 Å². The maximum Gasteiger partial charge on any atom is 0.197 e. The van der Waals surface area contributed by atoms with Gasteiger partial charge < -0.3 is 4.57 Å². The molecule has 5 rings (SSSR count). The van der Waals surface area contributed by atoms with Crippen molar-refractivity contribution >= 4 is 50.8 Å². The third-order valence-electron chi connectivity index (χ3n) is 5.66. The second-order valence-corrected chi connectivity index (χ2v) is 9.24. The molecule has 0 fully saturated rings. The molecule has 1 aliphatic rings. The lowest BCUT2D eigenvalue weighted by Gasteiger charge is -2.04. The summed E-state index contributed by atoms with van der Waals surface area (Å²) in [5.41, 5.74) is 6.45. The lowest BCUT2D eigenvalue weighted by atomic mass is 10.1. The van der Waals surface area contributed by atoms with Gasteiger partial charge in [-0.05, 0) is 55.3 Å². The van der Waals surface area contributed by atoms with Crippen LogP contribution in [0.3, 0.4) is 0 Å². The van der Waals surface area contributed by atoms with E-state index in [9.17, 15) is 9.59 Å². The molecule has 0 bridgehead atoms. The molecule has 0 atom stereocenters. The number of allylic oxidation sites excluding steroid dienone is 1. The van der Waals surface area contributed by atoms with E-state index in [1.54, 1.807) is 29.5 Å². The third-order valence-corrected chi connectivity index (χ3v) is 7.09. The first-order valence-electron chi connectivity index (χ1n) is 9.61. The van der Waals surface area contributed by atoms with Crippen molar-refractivity contribution in [2.24, 2.45) is 7.05 Å². The molecule has 0 aliphatic heterocycles. The Morgan fingerprint density at radius 1 is 0.933 bits per heavy atom. The Hall–Kier alpha value is -2.95. The summed E-state index contributed by atoms with van der Waals surface area (Å²) in [5, 5.41) is 0.502. The van der Waals surface area contributed by atoms with Crippen LogP contribution in [0.2, 0.25) is 5.02 Å². The predicted molar refractivity (Wildman–Crippen MR) is 124 cm³/mol. The van der Waals surface area contributed by atoms with Crippen molar-refractivity contribution < 1.29 is 9.59 Å². The van der Waals surface area contributed by atoms with Gasteiger partial charge >= 0.3 is 0 Å². The smallest absolute Gasteiger partial charge is 0.197 e. The van der Waals surface area contributed by atoms with Crippen molar-refractivity contribution in [2.45, 2.75) is 13.8 Å². The molecule has 0 unspecified atom stereocenters. The largest absolute Gasteiger partial charge is 0.343 e. The number of nitrogens with zero attached hydrogens (tertiary/aromatic N) is 1. The molecule has 4 aromatic rings. The fourth-order valence-electron chi connectivity index (χ4n) is 3.93. The van der Waals surface area contributed by atoms with Crippen LogP contribution >= 0.6 is 22.9 Å². The van der Waals surface area contributed by atoms with Crippen LogP contribution < -0.4 is 0 Å². The van der Waals surface area contributed by atoms with E-state index in [1.807, 2.05) is 20.0 Å². The highest BCUT2D eigenvalue weighted by atomic mass is 35.5. The molecule has 30 heavy (non-hydrogen) atoms. The van der Waals surface area contributed by atoms with Gasteiger partial charge in [0.1, 0.15) is 0 Å². The Balaban J connectivity index is 1.55. The highest BCUT2D eigenvalue weighted by molar-refractivity contribution is 7.19. The molecule has 2 heterocycles.